The van der Waals surface area contributed by atoms with E-state index >= 15 is 0 Å². The molecule has 0 aliphatic carbocycles. The zero-order valence-corrected chi connectivity index (χ0v) is 14.6. The Bertz CT molecular complexity index is 480. The average Bonchev–Trinajstić information content (AvgIpc) is 3.12. The number of aromatic nitrogens is 2. The van der Waals surface area contributed by atoms with Crippen LogP contribution >= 0.6 is 0 Å². The summed E-state index contributed by atoms with van der Waals surface area (Å²) in [7, 11) is 2.15. The van der Waals surface area contributed by atoms with Crippen LogP contribution in [0.2, 0.25) is 0 Å². The molecule has 0 saturated carbocycles. The second kappa shape index (κ2) is 7.14. The van der Waals surface area contributed by atoms with Crippen LogP contribution in [-0.4, -0.2) is 52.1 Å². The lowest BCUT2D eigenvalue weighted by Gasteiger charge is -2.32. The van der Waals surface area contributed by atoms with Crippen molar-refractivity contribution in [3.8, 4) is 0 Å². The van der Waals surface area contributed by atoms with E-state index in [2.05, 4.69) is 35.3 Å². The number of nitrogens with zero attached hydrogens (tertiary/aromatic N) is 4. The molecule has 0 radical (unpaired) electrons. The maximum atomic E-state index is 4.73. The predicted molar refractivity (Wildman–Crippen MR) is 91.0 cm³/mol. The van der Waals surface area contributed by atoms with Crippen molar-refractivity contribution in [1.29, 1.82) is 0 Å². The van der Waals surface area contributed by atoms with Crippen LogP contribution in [0, 0.1) is 19.8 Å². The minimum absolute atomic E-state index is 0.946. The summed E-state index contributed by atoms with van der Waals surface area (Å²) in [5.41, 5.74) is 2.48. The van der Waals surface area contributed by atoms with E-state index in [9.17, 15) is 0 Å². The zero-order chi connectivity index (χ0) is 15.5. The van der Waals surface area contributed by atoms with Gasteiger partial charge in [0.1, 0.15) is 5.82 Å². The van der Waals surface area contributed by atoms with E-state index in [4.69, 9.17) is 4.98 Å². The molecular weight excluding hydrogens is 272 g/mol. The van der Waals surface area contributed by atoms with E-state index < -0.39 is 0 Å². The maximum absolute atomic E-state index is 4.73. The van der Waals surface area contributed by atoms with Crippen LogP contribution in [-0.2, 0) is 13.6 Å². The Morgan fingerprint density at radius 3 is 2.27 bits per heavy atom. The lowest BCUT2D eigenvalue weighted by Crippen LogP contribution is -2.35. The highest BCUT2D eigenvalue weighted by Crippen LogP contribution is 2.23. The molecule has 4 nitrogen and oxygen atoms in total. The molecule has 2 saturated heterocycles. The normalized spacial score (nSPS) is 21.8. The number of hydrogen-bond donors (Lipinski definition) is 0. The summed E-state index contributed by atoms with van der Waals surface area (Å²) in [6, 6.07) is 0. The highest BCUT2D eigenvalue weighted by molar-refractivity contribution is 5.13. The largest absolute Gasteiger partial charge is 0.334 e. The molecule has 0 aromatic carbocycles. The Hall–Kier alpha value is -0.870. The Morgan fingerprint density at radius 2 is 1.68 bits per heavy atom. The summed E-state index contributed by atoms with van der Waals surface area (Å²) in [4.78, 5) is 9.98. The molecule has 124 valence electrons. The summed E-state index contributed by atoms with van der Waals surface area (Å²) >= 11 is 0. The van der Waals surface area contributed by atoms with Gasteiger partial charge >= 0.3 is 0 Å². The summed E-state index contributed by atoms with van der Waals surface area (Å²) < 4.78 is 2.26. The molecule has 2 aliphatic rings. The molecule has 0 bridgehead atoms. The number of likely N-dealkylation sites (tertiary alicyclic amines) is 2. The summed E-state index contributed by atoms with van der Waals surface area (Å²) in [6.45, 7) is 11.8. The van der Waals surface area contributed by atoms with Crippen molar-refractivity contribution in [3.05, 3.63) is 17.2 Å². The van der Waals surface area contributed by atoms with Crippen molar-refractivity contribution >= 4 is 0 Å². The molecule has 22 heavy (non-hydrogen) atoms. The van der Waals surface area contributed by atoms with E-state index in [1.54, 1.807) is 0 Å². The number of rotatable bonds is 5. The van der Waals surface area contributed by atoms with Crippen molar-refractivity contribution in [2.75, 3.05) is 32.7 Å². The molecule has 0 amide bonds. The third-order valence-electron chi connectivity index (χ3n) is 5.84. The summed E-state index contributed by atoms with van der Waals surface area (Å²) in [5, 5.41) is 0. The molecule has 2 aliphatic heterocycles. The van der Waals surface area contributed by atoms with Crippen molar-refractivity contribution in [2.24, 2.45) is 13.0 Å². The molecule has 2 fully saturated rings. The van der Waals surface area contributed by atoms with Crippen LogP contribution in [0.3, 0.4) is 0 Å². The molecule has 0 atom stereocenters. The van der Waals surface area contributed by atoms with E-state index in [1.807, 2.05) is 0 Å². The van der Waals surface area contributed by atoms with Gasteiger partial charge in [-0.15, -0.1) is 0 Å². The fraction of sp³-hybridized carbons (Fsp3) is 0.833. The number of imidazole rings is 1. The van der Waals surface area contributed by atoms with Gasteiger partial charge in [-0.05, 0) is 84.6 Å². The molecule has 1 aromatic heterocycles. The van der Waals surface area contributed by atoms with Gasteiger partial charge in [0.2, 0.25) is 0 Å². The third kappa shape index (κ3) is 3.72. The van der Waals surface area contributed by atoms with Gasteiger partial charge in [-0.3, -0.25) is 4.90 Å². The second-order valence-corrected chi connectivity index (χ2v) is 7.31. The zero-order valence-electron chi connectivity index (χ0n) is 14.6. The van der Waals surface area contributed by atoms with Crippen molar-refractivity contribution < 1.29 is 0 Å². The lowest BCUT2D eigenvalue weighted by atomic mass is 9.93. The molecular formula is C18H32N4. The van der Waals surface area contributed by atoms with Crippen molar-refractivity contribution in [2.45, 2.75) is 52.5 Å². The third-order valence-corrected chi connectivity index (χ3v) is 5.84. The molecule has 4 heteroatoms. The van der Waals surface area contributed by atoms with Gasteiger partial charge in [-0.25, -0.2) is 4.98 Å². The minimum atomic E-state index is 0.946. The Labute approximate surface area is 135 Å². The molecule has 0 N–H and O–H groups in total. The molecule has 0 spiro atoms. The fourth-order valence-electron chi connectivity index (χ4n) is 3.93. The van der Waals surface area contributed by atoms with Crippen LogP contribution in [0.15, 0.2) is 0 Å². The highest BCUT2D eigenvalue weighted by Gasteiger charge is 2.22. The maximum Gasteiger partial charge on any atom is 0.123 e. The average molecular weight is 304 g/mol. The smallest absolute Gasteiger partial charge is 0.123 e. The van der Waals surface area contributed by atoms with Gasteiger partial charge < -0.3 is 9.47 Å². The number of piperidine rings is 1. The summed E-state index contributed by atoms with van der Waals surface area (Å²) in [6.07, 6.45) is 6.99. The van der Waals surface area contributed by atoms with Crippen LogP contribution < -0.4 is 0 Å². The monoisotopic (exact) mass is 304 g/mol. The standard InChI is InChI=1S/C18H32N4/c1-15-16(2)20(3)18(19-15)14-22-12-7-17(8-13-22)6-11-21-9-4-5-10-21/h17H,4-14H2,1-3H3. The molecule has 0 unspecified atom stereocenters. The first-order valence-corrected chi connectivity index (χ1v) is 9.07. The Balaban J connectivity index is 1.42. The van der Waals surface area contributed by atoms with Crippen LogP contribution in [0.4, 0.5) is 0 Å². The van der Waals surface area contributed by atoms with E-state index in [-0.39, 0.29) is 0 Å². The fourth-order valence-corrected chi connectivity index (χ4v) is 3.93. The van der Waals surface area contributed by atoms with Crippen molar-refractivity contribution in [1.82, 2.24) is 19.4 Å². The Morgan fingerprint density at radius 1 is 1.00 bits per heavy atom. The van der Waals surface area contributed by atoms with Gasteiger partial charge in [0.15, 0.2) is 0 Å². The van der Waals surface area contributed by atoms with Crippen LogP contribution in [0.1, 0.15) is 49.3 Å². The van der Waals surface area contributed by atoms with Crippen LogP contribution in [0.25, 0.3) is 0 Å². The van der Waals surface area contributed by atoms with Crippen molar-refractivity contribution in [3.63, 3.8) is 0 Å². The predicted octanol–water partition coefficient (Wildman–Crippen LogP) is 2.73. The first-order chi connectivity index (χ1) is 10.6. The van der Waals surface area contributed by atoms with Gasteiger partial charge in [0.25, 0.3) is 0 Å². The number of hydrogen-bond acceptors (Lipinski definition) is 3. The van der Waals surface area contributed by atoms with Gasteiger partial charge in [-0.1, -0.05) is 0 Å². The number of aryl methyl sites for hydroxylation is 1. The van der Waals surface area contributed by atoms with Gasteiger partial charge in [-0.2, -0.15) is 0 Å². The van der Waals surface area contributed by atoms with E-state index in [0.29, 0.717) is 0 Å². The molecule has 1 aromatic rings. The minimum Gasteiger partial charge on any atom is -0.334 e. The van der Waals surface area contributed by atoms with Gasteiger partial charge in [0.05, 0.1) is 12.2 Å². The second-order valence-electron chi connectivity index (χ2n) is 7.31. The topological polar surface area (TPSA) is 24.3 Å². The molecule has 3 rings (SSSR count). The Kier molecular flexibility index (Phi) is 5.19. The lowest BCUT2D eigenvalue weighted by molar-refractivity contribution is 0.158. The van der Waals surface area contributed by atoms with E-state index in [1.165, 1.54) is 82.0 Å². The first kappa shape index (κ1) is 16.0. The SMILES string of the molecule is Cc1nc(CN2CCC(CCN3CCCC3)CC2)n(C)c1C. The molecule has 3 heterocycles. The van der Waals surface area contributed by atoms with E-state index in [0.717, 1.165) is 12.5 Å². The quantitative estimate of drug-likeness (QED) is 0.836. The van der Waals surface area contributed by atoms with Gasteiger partial charge in [0, 0.05) is 12.7 Å². The van der Waals surface area contributed by atoms with Crippen LogP contribution in [0.5, 0.6) is 0 Å². The first-order valence-electron chi connectivity index (χ1n) is 9.07. The summed E-state index contributed by atoms with van der Waals surface area (Å²) in [5.74, 6) is 2.17. The highest BCUT2D eigenvalue weighted by atomic mass is 15.2.